The van der Waals surface area contributed by atoms with Crippen LogP contribution in [0.2, 0.25) is 0 Å². The molecule has 0 aromatic rings. The van der Waals surface area contributed by atoms with Gasteiger partial charge in [-0.25, -0.2) is 0 Å². The van der Waals surface area contributed by atoms with Crippen molar-refractivity contribution in [2.75, 3.05) is 33.4 Å². The third-order valence-electron chi connectivity index (χ3n) is 3.20. The van der Waals surface area contributed by atoms with Gasteiger partial charge in [0, 0.05) is 25.2 Å². The second kappa shape index (κ2) is 4.40. The fraction of sp³-hybridized carbons (Fsp3) is 1.00. The monoisotopic (exact) mass is 184 g/mol. The SMILES string of the molecule is CN(CC1COCCN1)C1CCC1. The molecule has 76 valence electrons. The molecule has 0 bridgehead atoms. The quantitative estimate of drug-likeness (QED) is 0.689. The lowest BCUT2D eigenvalue weighted by Gasteiger charge is -2.37. The summed E-state index contributed by atoms with van der Waals surface area (Å²) in [4.78, 5) is 2.48. The minimum atomic E-state index is 0.555. The summed E-state index contributed by atoms with van der Waals surface area (Å²) in [5.41, 5.74) is 0. The molecule has 1 aliphatic carbocycles. The van der Waals surface area contributed by atoms with Gasteiger partial charge in [0.25, 0.3) is 0 Å². The number of nitrogens with one attached hydrogen (secondary N) is 1. The van der Waals surface area contributed by atoms with Crippen molar-refractivity contribution in [3.8, 4) is 0 Å². The van der Waals surface area contributed by atoms with Crippen LogP contribution in [0, 0.1) is 0 Å². The first-order valence-electron chi connectivity index (χ1n) is 5.37. The Hall–Kier alpha value is -0.120. The van der Waals surface area contributed by atoms with Gasteiger partial charge in [-0.15, -0.1) is 0 Å². The molecule has 2 rings (SSSR count). The van der Waals surface area contributed by atoms with Gasteiger partial charge in [-0.3, -0.25) is 0 Å². The van der Waals surface area contributed by atoms with Crippen molar-refractivity contribution in [3.63, 3.8) is 0 Å². The van der Waals surface area contributed by atoms with Crippen molar-refractivity contribution in [2.24, 2.45) is 0 Å². The zero-order chi connectivity index (χ0) is 9.10. The molecule has 0 amide bonds. The summed E-state index contributed by atoms with van der Waals surface area (Å²) >= 11 is 0. The van der Waals surface area contributed by atoms with Crippen LogP contribution in [0.4, 0.5) is 0 Å². The van der Waals surface area contributed by atoms with Crippen LogP contribution in [-0.2, 0) is 4.74 Å². The van der Waals surface area contributed by atoms with Gasteiger partial charge in [0.05, 0.1) is 13.2 Å². The second-order valence-electron chi connectivity index (χ2n) is 4.25. The van der Waals surface area contributed by atoms with E-state index in [0.717, 1.165) is 32.3 Å². The average Bonchev–Trinajstić information content (AvgIpc) is 2.02. The van der Waals surface area contributed by atoms with Crippen molar-refractivity contribution >= 4 is 0 Å². The van der Waals surface area contributed by atoms with Crippen LogP contribution < -0.4 is 5.32 Å². The molecule has 3 heteroatoms. The Balaban J connectivity index is 1.69. The fourth-order valence-electron chi connectivity index (χ4n) is 2.06. The predicted octanol–water partition coefficient (Wildman–Crippen LogP) is 0.459. The molecule has 1 unspecified atom stereocenters. The molecule has 3 nitrogen and oxygen atoms in total. The minimum absolute atomic E-state index is 0.555. The van der Waals surface area contributed by atoms with Crippen LogP contribution in [0.5, 0.6) is 0 Å². The number of morpholine rings is 1. The molecule has 1 N–H and O–H groups in total. The van der Waals surface area contributed by atoms with Gasteiger partial charge >= 0.3 is 0 Å². The Morgan fingerprint density at radius 2 is 2.31 bits per heavy atom. The zero-order valence-corrected chi connectivity index (χ0v) is 8.46. The normalized spacial score (nSPS) is 30.5. The molecule has 2 fully saturated rings. The van der Waals surface area contributed by atoms with Gasteiger partial charge in [-0.1, -0.05) is 6.42 Å². The largest absolute Gasteiger partial charge is 0.378 e. The minimum Gasteiger partial charge on any atom is -0.378 e. The van der Waals surface area contributed by atoms with E-state index in [1.165, 1.54) is 19.3 Å². The lowest BCUT2D eigenvalue weighted by Crippen LogP contribution is -2.50. The number of ether oxygens (including phenoxy) is 1. The van der Waals surface area contributed by atoms with E-state index in [2.05, 4.69) is 17.3 Å². The average molecular weight is 184 g/mol. The van der Waals surface area contributed by atoms with Crippen LogP contribution in [0.25, 0.3) is 0 Å². The second-order valence-corrected chi connectivity index (χ2v) is 4.25. The summed E-state index contributed by atoms with van der Waals surface area (Å²) in [6.45, 7) is 3.93. The summed E-state index contributed by atoms with van der Waals surface area (Å²) in [7, 11) is 2.24. The molecule has 1 heterocycles. The van der Waals surface area contributed by atoms with E-state index >= 15 is 0 Å². The Kier molecular flexibility index (Phi) is 3.19. The summed E-state index contributed by atoms with van der Waals surface area (Å²) in [6.07, 6.45) is 4.21. The third kappa shape index (κ3) is 2.42. The Labute approximate surface area is 80.4 Å². The Morgan fingerprint density at radius 3 is 2.85 bits per heavy atom. The lowest BCUT2D eigenvalue weighted by molar-refractivity contribution is 0.0514. The van der Waals surface area contributed by atoms with Crippen molar-refractivity contribution in [3.05, 3.63) is 0 Å². The van der Waals surface area contributed by atoms with Gasteiger partial charge in [0.2, 0.25) is 0 Å². The van der Waals surface area contributed by atoms with Gasteiger partial charge in [0.15, 0.2) is 0 Å². The molecule has 1 saturated heterocycles. The summed E-state index contributed by atoms with van der Waals surface area (Å²) < 4.78 is 5.43. The smallest absolute Gasteiger partial charge is 0.0632 e. The molecular weight excluding hydrogens is 164 g/mol. The van der Waals surface area contributed by atoms with Gasteiger partial charge in [-0.2, -0.15) is 0 Å². The molecule has 0 radical (unpaired) electrons. The van der Waals surface area contributed by atoms with Crippen molar-refractivity contribution in [1.29, 1.82) is 0 Å². The Morgan fingerprint density at radius 1 is 1.46 bits per heavy atom. The Bertz CT molecular complexity index is 153. The topological polar surface area (TPSA) is 24.5 Å². The maximum atomic E-state index is 5.43. The van der Waals surface area contributed by atoms with Gasteiger partial charge in [0.1, 0.15) is 0 Å². The summed E-state index contributed by atoms with van der Waals surface area (Å²) in [5.74, 6) is 0. The number of hydrogen-bond acceptors (Lipinski definition) is 3. The van der Waals surface area contributed by atoms with E-state index in [4.69, 9.17) is 4.74 Å². The van der Waals surface area contributed by atoms with E-state index in [9.17, 15) is 0 Å². The maximum absolute atomic E-state index is 5.43. The molecule has 0 aromatic heterocycles. The fourth-order valence-corrected chi connectivity index (χ4v) is 2.06. The molecule has 0 aromatic carbocycles. The van der Waals surface area contributed by atoms with E-state index in [1.54, 1.807) is 0 Å². The summed E-state index contributed by atoms with van der Waals surface area (Å²) in [6, 6.07) is 1.41. The molecule has 2 aliphatic rings. The highest BCUT2D eigenvalue weighted by molar-refractivity contribution is 4.82. The standard InChI is InChI=1S/C10H20N2O/c1-12(10-3-2-4-10)7-9-8-13-6-5-11-9/h9-11H,2-8H2,1H3. The molecule has 0 spiro atoms. The number of likely N-dealkylation sites (N-methyl/N-ethyl adjacent to an activating group) is 1. The number of hydrogen-bond donors (Lipinski definition) is 1. The van der Waals surface area contributed by atoms with Crippen LogP contribution in [0.3, 0.4) is 0 Å². The highest BCUT2D eigenvalue weighted by Gasteiger charge is 2.24. The molecule has 1 atom stereocenters. The lowest BCUT2D eigenvalue weighted by atomic mass is 9.91. The molecule has 1 aliphatic heterocycles. The van der Waals surface area contributed by atoms with E-state index in [0.29, 0.717) is 6.04 Å². The van der Waals surface area contributed by atoms with Crippen molar-refractivity contribution < 1.29 is 4.74 Å². The van der Waals surface area contributed by atoms with E-state index in [1.807, 2.05) is 0 Å². The van der Waals surface area contributed by atoms with Crippen LogP contribution >= 0.6 is 0 Å². The van der Waals surface area contributed by atoms with Crippen LogP contribution in [0.1, 0.15) is 19.3 Å². The molecule has 13 heavy (non-hydrogen) atoms. The third-order valence-corrected chi connectivity index (χ3v) is 3.20. The molecule has 1 saturated carbocycles. The maximum Gasteiger partial charge on any atom is 0.0632 e. The van der Waals surface area contributed by atoms with Crippen molar-refractivity contribution in [2.45, 2.75) is 31.3 Å². The summed E-state index contributed by atoms with van der Waals surface area (Å²) in [5, 5.41) is 3.49. The zero-order valence-electron chi connectivity index (χ0n) is 8.46. The first kappa shape index (κ1) is 9.44. The number of rotatable bonds is 3. The van der Waals surface area contributed by atoms with Crippen LogP contribution in [-0.4, -0.2) is 50.3 Å². The number of nitrogens with zero attached hydrogens (tertiary/aromatic N) is 1. The van der Waals surface area contributed by atoms with E-state index < -0.39 is 0 Å². The van der Waals surface area contributed by atoms with Crippen LogP contribution in [0.15, 0.2) is 0 Å². The van der Waals surface area contributed by atoms with Gasteiger partial charge < -0.3 is 15.0 Å². The highest BCUT2D eigenvalue weighted by atomic mass is 16.5. The van der Waals surface area contributed by atoms with Gasteiger partial charge in [-0.05, 0) is 19.9 Å². The first-order chi connectivity index (χ1) is 6.36. The predicted molar refractivity (Wildman–Crippen MR) is 52.9 cm³/mol. The van der Waals surface area contributed by atoms with E-state index in [-0.39, 0.29) is 0 Å². The van der Waals surface area contributed by atoms with Crippen molar-refractivity contribution in [1.82, 2.24) is 10.2 Å². The first-order valence-corrected chi connectivity index (χ1v) is 5.37. The molecular formula is C10H20N2O. The highest BCUT2D eigenvalue weighted by Crippen LogP contribution is 2.23.